The minimum Gasteiger partial charge on any atom is -0.294 e. The average Bonchev–Trinajstić information content (AvgIpc) is 3.25. The zero-order chi connectivity index (χ0) is 24.4. The number of thiazole rings is 1. The van der Waals surface area contributed by atoms with Gasteiger partial charge in [0, 0.05) is 30.1 Å². The number of hydrogen-bond donors (Lipinski definition) is 0. The number of carbonyl (C=O) groups is 1. The van der Waals surface area contributed by atoms with Gasteiger partial charge in [-0.3, -0.25) is 9.80 Å². The lowest BCUT2D eigenvalue weighted by molar-refractivity contribution is 0.248. The summed E-state index contributed by atoms with van der Waals surface area (Å²) in [6.07, 6.45) is 0.803. The fraction of sp³-hybridized carbons (Fsp3) is 0.185. The molecular weight excluding hydrogens is 484 g/mol. The quantitative estimate of drug-likeness (QED) is 0.253. The van der Waals surface area contributed by atoms with E-state index in [0.717, 1.165) is 34.2 Å². The molecule has 3 aromatic carbocycles. The Morgan fingerprint density at radius 1 is 0.971 bits per heavy atom. The van der Waals surface area contributed by atoms with Crippen molar-refractivity contribution < 1.29 is 13.6 Å². The molecule has 0 aliphatic carbocycles. The second-order valence-electron chi connectivity index (χ2n) is 8.25. The van der Waals surface area contributed by atoms with Gasteiger partial charge in [0.1, 0.15) is 11.6 Å². The van der Waals surface area contributed by atoms with Crippen molar-refractivity contribution in [1.29, 1.82) is 0 Å². The normalized spacial score (nSPS) is 14.0. The summed E-state index contributed by atoms with van der Waals surface area (Å²) in [5.74, 6) is -0.131. The van der Waals surface area contributed by atoms with Crippen molar-refractivity contribution in [1.82, 2.24) is 4.98 Å². The Kier molecular flexibility index (Phi) is 6.83. The lowest BCUT2D eigenvalue weighted by Gasteiger charge is -2.34. The molecule has 1 saturated heterocycles. The summed E-state index contributed by atoms with van der Waals surface area (Å²) in [7, 11) is 0. The van der Waals surface area contributed by atoms with Gasteiger partial charge in [-0.05, 0) is 54.8 Å². The lowest BCUT2D eigenvalue weighted by Crippen LogP contribution is -2.49. The average molecular weight is 508 g/mol. The topological polar surface area (TPSA) is 36.4 Å². The van der Waals surface area contributed by atoms with Gasteiger partial charge < -0.3 is 0 Å². The molecule has 1 aliphatic rings. The summed E-state index contributed by atoms with van der Waals surface area (Å²) in [6, 6.07) is 20.5. The molecule has 0 bridgehead atoms. The van der Waals surface area contributed by atoms with Crippen LogP contribution in [0.15, 0.2) is 77.0 Å². The first kappa shape index (κ1) is 23.5. The van der Waals surface area contributed by atoms with Crippen molar-refractivity contribution in [2.45, 2.75) is 23.3 Å². The van der Waals surface area contributed by atoms with E-state index in [1.54, 1.807) is 57.2 Å². The lowest BCUT2D eigenvalue weighted by atomic mass is 10.0. The molecular formula is C27H23F2N3OS2. The van der Waals surface area contributed by atoms with E-state index >= 15 is 0 Å². The minimum atomic E-state index is -0.493. The van der Waals surface area contributed by atoms with Crippen molar-refractivity contribution in [2.24, 2.45) is 0 Å². The van der Waals surface area contributed by atoms with Crippen molar-refractivity contribution in [3.05, 3.63) is 95.7 Å². The van der Waals surface area contributed by atoms with Crippen LogP contribution in [0, 0.1) is 18.6 Å². The maximum absolute atomic E-state index is 14.2. The number of thioether (sulfide) groups is 1. The number of aryl methyl sites for hydroxylation is 1. The highest BCUT2D eigenvalue weighted by Crippen LogP contribution is 2.37. The molecule has 0 atom stereocenters. The maximum atomic E-state index is 14.2. The third-order valence-electron chi connectivity index (χ3n) is 5.83. The minimum absolute atomic E-state index is 0.130. The molecule has 0 radical (unpaired) electrons. The Morgan fingerprint density at radius 3 is 2.49 bits per heavy atom. The van der Waals surface area contributed by atoms with Crippen LogP contribution in [0.5, 0.6) is 0 Å². The van der Waals surface area contributed by atoms with E-state index in [1.807, 2.05) is 25.1 Å². The van der Waals surface area contributed by atoms with Gasteiger partial charge in [0.2, 0.25) is 0 Å². The molecule has 5 rings (SSSR count). The van der Waals surface area contributed by atoms with Crippen LogP contribution in [0.4, 0.5) is 24.4 Å². The molecule has 1 aromatic heterocycles. The highest BCUT2D eigenvalue weighted by atomic mass is 32.2. The van der Waals surface area contributed by atoms with Crippen LogP contribution in [0.1, 0.15) is 17.7 Å². The Bertz CT molecular complexity index is 1340. The molecule has 0 saturated carbocycles. The molecule has 2 amide bonds. The summed E-state index contributed by atoms with van der Waals surface area (Å²) in [5.41, 5.74) is 3.64. The smallest absolute Gasteiger partial charge is 0.294 e. The van der Waals surface area contributed by atoms with Crippen molar-refractivity contribution in [3.8, 4) is 11.1 Å². The zero-order valence-corrected chi connectivity index (χ0v) is 20.7. The second-order valence-corrected chi connectivity index (χ2v) is 10.5. The van der Waals surface area contributed by atoms with Gasteiger partial charge in [0.05, 0.1) is 9.90 Å². The summed E-state index contributed by atoms with van der Waals surface area (Å²) < 4.78 is 28.9. The summed E-state index contributed by atoms with van der Waals surface area (Å²) in [5, 5.41) is 0.700. The highest BCUT2D eigenvalue weighted by Gasteiger charge is 2.30. The molecule has 8 heteroatoms. The summed E-state index contributed by atoms with van der Waals surface area (Å²) in [6.45, 7) is 3.17. The Morgan fingerprint density at radius 2 is 1.71 bits per heavy atom. The van der Waals surface area contributed by atoms with Crippen molar-refractivity contribution in [3.63, 3.8) is 0 Å². The molecule has 0 N–H and O–H groups in total. The number of halogens is 2. The Hall–Kier alpha value is -3.23. The van der Waals surface area contributed by atoms with Gasteiger partial charge in [-0.2, -0.15) is 0 Å². The number of nitrogens with zero attached hydrogens (tertiary/aromatic N) is 3. The first-order chi connectivity index (χ1) is 17.0. The van der Waals surface area contributed by atoms with Gasteiger partial charge in [0.25, 0.3) is 0 Å². The van der Waals surface area contributed by atoms with Crippen LogP contribution in [0.25, 0.3) is 11.1 Å². The number of carbonyl (C=O) groups excluding carboxylic acids is 1. The van der Waals surface area contributed by atoms with Crippen LogP contribution < -0.4 is 9.80 Å². The molecule has 4 nitrogen and oxygen atoms in total. The summed E-state index contributed by atoms with van der Waals surface area (Å²) >= 11 is 3.27. The van der Waals surface area contributed by atoms with Crippen LogP contribution in [0.3, 0.4) is 0 Å². The SMILES string of the molecule is Cc1nc(N2CCCN(c3ccc(-c4cc(F)ccc4F)cc3)C2=O)sc1SCc1ccccc1. The monoisotopic (exact) mass is 507 g/mol. The van der Waals surface area contributed by atoms with E-state index < -0.39 is 11.6 Å². The van der Waals surface area contributed by atoms with Crippen LogP contribution in [-0.2, 0) is 5.75 Å². The van der Waals surface area contributed by atoms with E-state index in [0.29, 0.717) is 29.5 Å². The fourth-order valence-corrected chi connectivity index (χ4v) is 6.22. The molecule has 35 heavy (non-hydrogen) atoms. The van der Waals surface area contributed by atoms with E-state index in [4.69, 9.17) is 4.98 Å². The Balaban J connectivity index is 1.32. The molecule has 1 aliphatic heterocycles. The second kappa shape index (κ2) is 10.2. The predicted molar refractivity (Wildman–Crippen MR) is 139 cm³/mol. The first-order valence-electron chi connectivity index (χ1n) is 11.3. The van der Waals surface area contributed by atoms with Gasteiger partial charge in [0.15, 0.2) is 5.13 Å². The standard InChI is InChI=1S/C27H23F2N3OS2/c1-18-25(34-17-19-6-3-2-4-7-19)35-26(30-18)32-15-5-14-31(27(32)33)22-11-8-20(9-12-22)23-16-21(28)10-13-24(23)29/h2-4,6-13,16H,5,14-15,17H2,1H3. The van der Waals surface area contributed by atoms with E-state index in [1.165, 1.54) is 11.6 Å². The zero-order valence-electron chi connectivity index (χ0n) is 19.1. The van der Waals surface area contributed by atoms with Gasteiger partial charge >= 0.3 is 6.03 Å². The van der Waals surface area contributed by atoms with Gasteiger partial charge in [-0.1, -0.05) is 53.8 Å². The predicted octanol–water partition coefficient (Wildman–Crippen LogP) is 7.53. The number of aromatic nitrogens is 1. The maximum Gasteiger partial charge on any atom is 0.330 e. The van der Waals surface area contributed by atoms with Gasteiger partial charge in [-0.25, -0.2) is 18.6 Å². The number of rotatable bonds is 6. The fourth-order valence-electron chi connectivity index (χ4n) is 4.02. The molecule has 2 heterocycles. The number of urea groups is 1. The van der Waals surface area contributed by atoms with E-state index in [2.05, 4.69) is 12.1 Å². The van der Waals surface area contributed by atoms with Crippen LogP contribution in [0.2, 0.25) is 0 Å². The number of amides is 2. The third-order valence-corrected chi connectivity index (χ3v) is 8.44. The number of anilines is 2. The molecule has 0 spiro atoms. The van der Waals surface area contributed by atoms with Crippen LogP contribution >= 0.6 is 23.1 Å². The largest absolute Gasteiger partial charge is 0.330 e. The first-order valence-corrected chi connectivity index (χ1v) is 13.1. The van der Waals surface area contributed by atoms with Crippen molar-refractivity contribution >= 4 is 39.9 Å². The summed E-state index contributed by atoms with van der Waals surface area (Å²) in [4.78, 5) is 21.5. The molecule has 0 unspecified atom stereocenters. The third kappa shape index (κ3) is 5.09. The van der Waals surface area contributed by atoms with Crippen LogP contribution in [-0.4, -0.2) is 24.1 Å². The number of benzene rings is 3. The molecule has 4 aromatic rings. The molecule has 178 valence electrons. The van der Waals surface area contributed by atoms with Gasteiger partial charge in [-0.15, -0.1) is 11.8 Å². The van der Waals surface area contributed by atoms with E-state index in [-0.39, 0.29) is 11.6 Å². The van der Waals surface area contributed by atoms with Crippen molar-refractivity contribution in [2.75, 3.05) is 22.9 Å². The number of hydrogen-bond acceptors (Lipinski definition) is 4. The Labute approximate surface area is 211 Å². The highest BCUT2D eigenvalue weighted by molar-refractivity contribution is 8.00. The molecule has 1 fully saturated rings. The van der Waals surface area contributed by atoms with E-state index in [9.17, 15) is 13.6 Å².